The topological polar surface area (TPSA) is 34.1 Å². The smallest absolute Gasteiger partial charge is 0.154 e. The summed E-state index contributed by atoms with van der Waals surface area (Å²) in [5.41, 5.74) is 0.0750. The number of hydrogen-bond acceptors (Lipinski definition) is 2. The third kappa shape index (κ3) is 0.382. The van der Waals surface area contributed by atoms with E-state index in [9.17, 15) is 9.59 Å². The van der Waals surface area contributed by atoms with Crippen LogP contribution in [0, 0.1) is 35.0 Å². The van der Waals surface area contributed by atoms with E-state index in [1.807, 2.05) is 0 Å². The van der Waals surface area contributed by atoms with Gasteiger partial charge in [0.1, 0.15) is 0 Å². The molecular formula is C11H8Br2O2. The monoisotopic (exact) mass is 330 g/mol. The Balaban J connectivity index is 1.94. The molecule has 6 aliphatic carbocycles. The Hall–Kier alpha value is 0.300. The van der Waals surface area contributed by atoms with E-state index < -0.39 is 0 Å². The highest BCUT2D eigenvalue weighted by Gasteiger charge is 3.04. The van der Waals surface area contributed by atoms with Crippen LogP contribution in [0.4, 0.5) is 0 Å². The molecule has 0 radical (unpaired) electrons. The maximum atomic E-state index is 12.3. The van der Waals surface area contributed by atoms with Gasteiger partial charge in [-0.1, -0.05) is 38.8 Å². The van der Waals surface area contributed by atoms with Gasteiger partial charge in [0.05, 0.1) is 8.65 Å². The van der Waals surface area contributed by atoms with Crippen LogP contribution in [0.25, 0.3) is 0 Å². The third-order valence-electron chi connectivity index (χ3n) is 6.27. The molecule has 78 valence electrons. The molecular weight excluding hydrogens is 324 g/mol. The van der Waals surface area contributed by atoms with Gasteiger partial charge in [-0.15, -0.1) is 0 Å². The summed E-state index contributed by atoms with van der Waals surface area (Å²) in [4.78, 5) is 24.5. The number of hydrogen-bond donors (Lipinski definition) is 0. The fourth-order valence-corrected chi connectivity index (χ4v) is 9.23. The van der Waals surface area contributed by atoms with Crippen molar-refractivity contribution >= 4 is 43.4 Å². The zero-order valence-electron chi connectivity index (χ0n) is 7.96. The fraction of sp³-hybridized carbons (Fsp3) is 0.818. The lowest BCUT2D eigenvalue weighted by molar-refractivity contribution is -0.211. The van der Waals surface area contributed by atoms with Crippen LogP contribution < -0.4 is 0 Å². The van der Waals surface area contributed by atoms with Gasteiger partial charge in [-0.3, -0.25) is 9.59 Å². The van der Waals surface area contributed by atoms with E-state index in [1.54, 1.807) is 0 Å². The number of Topliss-reactive ketones (excluding diaryl/α,β-unsaturated/α-hetero) is 2. The fourth-order valence-electron chi connectivity index (χ4n) is 6.14. The van der Waals surface area contributed by atoms with Gasteiger partial charge < -0.3 is 0 Å². The summed E-state index contributed by atoms with van der Waals surface area (Å²) in [6.07, 6.45) is 0. The predicted octanol–water partition coefficient (Wildman–Crippen LogP) is 1.55. The van der Waals surface area contributed by atoms with Crippen molar-refractivity contribution in [3.63, 3.8) is 0 Å². The molecule has 6 saturated carbocycles. The molecule has 0 aromatic rings. The first-order valence-electron chi connectivity index (χ1n) is 5.39. The van der Waals surface area contributed by atoms with Gasteiger partial charge >= 0.3 is 0 Å². The first-order valence-corrected chi connectivity index (χ1v) is 6.98. The molecule has 0 aliphatic heterocycles. The molecule has 0 amide bonds. The maximum Gasteiger partial charge on any atom is 0.154 e. The van der Waals surface area contributed by atoms with E-state index in [0.29, 0.717) is 23.4 Å². The van der Waals surface area contributed by atoms with E-state index in [2.05, 4.69) is 38.8 Å². The molecule has 0 heterocycles. The van der Waals surface area contributed by atoms with Crippen LogP contribution in [0.1, 0.15) is 6.92 Å². The lowest BCUT2D eigenvalue weighted by Crippen LogP contribution is -2.81. The molecule has 6 aliphatic rings. The molecule has 0 aromatic heterocycles. The molecule has 6 fully saturated rings. The van der Waals surface area contributed by atoms with Crippen molar-refractivity contribution in [1.82, 2.24) is 0 Å². The summed E-state index contributed by atoms with van der Waals surface area (Å²) in [7, 11) is 0. The number of ketones is 2. The Bertz CT molecular complexity index is 503. The minimum Gasteiger partial charge on any atom is -0.298 e. The molecule has 0 spiro atoms. The second-order valence-electron chi connectivity index (χ2n) is 6.02. The second kappa shape index (κ2) is 1.64. The number of carbonyl (C=O) groups is 2. The SMILES string of the molecule is C[C@]12[C@@H]3[C@@H]4C(=O)[C@@]1(Br)[C@H]1[C@@H]4C(=O)[C@]3(Br)[C@H]12. The van der Waals surface area contributed by atoms with Gasteiger partial charge in [0, 0.05) is 17.3 Å². The molecule has 2 nitrogen and oxygen atoms in total. The van der Waals surface area contributed by atoms with Crippen LogP contribution in [0.5, 0.6) is 0 Å². The van der Waals surface area contributed by atoms with E-state index >= 15 is 0 Å². The molecule has 0 aromatic carbocycles. The van der Waals surface area contributed by atoms with Crippen LogP contribution in [0.3, 0.4) is 0 Å². The molecule has 4 bridgehead atoms. The second-order valence-corrected chi connectivity index (χ2v) is 8.59. The summed E-state index contributed by atoms with van der Waals surface area (Å²) in [6.45, 7) is 2.19. The highest BCUT2D eigenvalue weighted by Crippen LogP contribution is 2.97. The molecule has 6 rings (SSSR count). The largest absolute Gasteiger partial charge is 0.298 e. The normalized spacial score (nSPS) is 80.1. The van der Waals surface area contributed by atoms with Crippen LogP contribution in [0.15, 0.2) is 0 Å². The van der Waals surface area contributed by atoms with Crippen LogP contribution >= 0.6 is 31.9 Å². The summed E-state index contributed by atoms with van der Waals surface area (Å²) in [5, 5.41) is 0. The van der Waals surface area contributed by atoms with Gasteiger partial charge in [0.2, 0.25) is 0 Å². The van der Waals surface area contributed by atoms with Crippen molar-refractivity contribution in [3.05, 3.63) is 0 Å². The summed E-state index contributed by atoms with van der Waals surface area (Å²) in [5.74, 6) is 1.76. The van der Waals surface area contributed by atoms with Gasteiger partial charge in [-0.05, 0) is 17.8 Å². The Morgan fingerprint density at radius 1 is 1.07 bits per heavy atom. The number of rotatable bonds is 0. The number of alkyl halides is 2. The van der Waals surface area contributed by atoms with Gasteiger partial charge in [-0.2, -0.15) is 0 Å². The van der Waals surface area contributed by atoms with Gasteiger partial charge in [0.25, 0.3) is 0 Å². The van der Waals surface area contributed by atoms with Crippen molar-refractivity contribution in [3.8, 4) is 0 Å². The van der Waals surface area contributed by atoms with E-state index in [0.717, 1.165) is 0 Å². The zero-order chi connectivity index (χ0) is 10.5. The highest BCUT2D eigenvalue weighted by atomic mass is 79.9. The molecule has 8 atom stereocenters. The minimum absolute atomic E-state index is 0.0382. The molecule has 0 saturated heterocycles. The van der Waals surface area contributed by atoms with Crippen molar-refractivity contribution in [2.24, 2.45) is 35.0 Å². The van der Waals surface area contributed by atoms with Crippen molar-refractivity contribution < 1.29 is 9.59 Å². The Morgan fingerprint density at radius 3 is 2.27 bits per heavy atom. The van der Waals surface area contributed by atoms with Crippen molar-refractivity contribution in [1.29, 1.82) is 0 Å². The highest BCUT2D eigenvalue weighted by molar-refractivity contribution is 9.10. The van der Waals surface area contributed by atoms with E-state index in [-0.39, 0.29) is 31.8 Å². The Labute approximate surface area is 103 Å². The molecule has 15 heavy (non-hydrogen) atoms. The number of carbonyl (C=O) groups excluding carboxylic acids is 2. The first kappa shape index (κ1) is 8.40. The quantitative estimate of drug-likeness (QED) is 0.631. The van der Waals surface area contributed by atoms with Gasteiger partial charge in [-0.25, -0.2) is 0 Å². The van der Waals surface area contributed by atoms with Crippen LogP contribution in [-0.4, -0.2) is 20.2 Å². The Kier molecular flexibility index (Phi) is 0.917. The third-order valence-corrected chi connectivity index (χ3v) is 9.43. The van der Waals surface area contributed by atoms with Crippen molar-refractivity contribution in [2.75, 3.05) is 0 Å². The molecule has 0 N–H and O–H groups in total. The standard InChI is InChI=1S/C11H8Br2O2/c1-9-5-3-2-4(11(9,13)8(3)15)6(9)10(5,12)7(2)14/h2-6H,1H3/t2-,3-,4+,5+,6-,9-,10-,11+/m1/s1. The zero-order valence-corrected chi connectivity index (χ0v) is 11.1. The van der Waals surface area contributed by atoms with E-state index in [4.69, 9.17) is 0 Å². The summed E-state index contributed by atoms with van der Waals surface area (Å²) < 4.78 is -0.626. The summed E-state index contributed by atoms with van der Waals surface area (Å²) in [6, 6.07) is 0. The summed E-state index contributed by atoms with van der Waals surface area (Å²) >= 11 is 7.36. The average molecular weight is 332 g/mol. The molecule has 4 heteroatoms. The lowest BCUT2D eigenvalue weighted by atomic mass is 9.32. The van der Waals surface area contributed by atoms with E-state index in [1.165, 1.54) is 0 Å². The van der Waals surface area contributed by atoms with Crippen LogP contribution in [0.2, 0.25) is 0 Å². The first-order chi connectivity index (χ1) is 6.93. The number of halogens is 2. The predicted molar refractivity (Wildman–Crippen MR) is 58.9 cm³/mol. The van der Waals surface area contributed by atoms with Gasteiger partial charge in [0.15, 0.2) is 11.6 Å². The van der Waals surface area contributed by atoms with Crippen LogP contribution in [-0.2, 0) is 9.59 Å². The molecule has 0 unspecified atom stereocenters. The van der Waals surface area contributed by atoms with Crippen molar-refractivity contribution in [2.45, 2.75) is 15.6 Å². The maximum absolute atomic E-state index is 12.3. The average Bonchev–Trinajstić information content (AvgIpc) is 2.61. The Morgan fingerprint density at radius 2 is 1.73 bits per heavy atom. The minimum atomic E-state index is -0.325. The lowest BCUT2D eigenvalue weighted by Gasteiger charge is -2.75.